The summed E-state index contributed by atoms with van der Waals surface area (Å²) in [6.07, 6.45) is 7.91. The third kappa shape index (κ3) is 3.54. The van der Waals surface area contributed by atoms with E-state index in [0.29, 0.717) is 29.8 Å². The summed E-state index contributed by atoms with van der Waals surface area (Å²) in [7, 11) is 1.45. The van der Waals surface area contributed by atoms with Gasteiger partial charge in [0.25, 0.3) is 11.8 Å². The van der Waals surface area contributed by atoms with Gasteiger partial charge in [0.1, 0.15) is 0 Å². The van der Waals surface area contributed by atoms with E-state index in [1.165, 1.54) is 26.3 Å². The fourth-order valence-corrected chi connectivity index (χ4v) is 6.69. The third-order valence-electron chi connectivity index (χ3n) is 7.76. The van der Waals surface area contributed by atoms with Crippen LogP contribution in [-0.2, 0) is 9.59 Å². The van der Waals surface area contributed by atoms with E-state index in [0.717, 1.165) is 41.9 Å². The first kappa shape index (κ1) is 20.2. The Bertz CT molecular complexity index is 934. The van der Waals surface area contributed by atoms with Crippen LogP contribution in [0.25, 0.3) is 0 Å². The van der Waals surface area contributed by atoms with Crippen molar-refractivity contribution in [2.45, 2.75) is 51.4 Å². The van der Waals surface area contributed by atoms with Crippen molar-refractivity contribution in [3.8, 4) is 0 Å². The van der Waals surface area contributed by atoms with E-state index >= 15 is 0 Å². The van der Waals surface area contributed by atoms with Gasteiger partial charge in [-0.3, -0.25) is 24.1 Å². The highest BCUT2D eigenvalue weighted by atomic mass is 16.2. The number of anilines is 1. The van der Waals surface area contributed by atoms with Crippen LogP contribution in [-0.4, -0.2) is 42.1 Å². The Morgan fingerprint density at radius 1 is 1.00 bits per heavy atom. The normalized spacial score (nSPS) is 30.5. The van der Waals surface area contributed by atoms with Crippen molar-refractivity contribution >= 4 is 29.3 Å². The molecule has 1 aromatic rings. The van der Waals surface area contributed by atoms with Crippen molar-refractivity contribution in [2.75, 3.05) is 18.9 Å². The second kappa shape index (κ2) is 7.46. The highest BCUT2D eigenvalue weighted by molar-refractivity contribution is 6.21. The smallest absolute Gasteiger partial charge is 0.261 e. The minimum Gasteiger partial charge on any atom is -0.356 e. The van der Waals surface area contributed by atoms with Gasteiger partial charge in [0, 0.05) is 31.1 Å². The summed E-state index contributed by atoms with van der Waals surface area (Å²) in [5, 5.41) is 5.89. The lowest BCUT2D eigenvalue weighted by Crippen LogP contribution is -2.53. The molecule has 4 amide bonds. The molecule has 31 heavy (non-hydrogen) atoms. The number of fused-ring (bicyclic) bond motifs is 1. The van der Waals surface area contributed by atoms with Crippen LogP contribution >= 0.6 is 0 Å². The van der Waals surface area contributed by atoms with E-state index < -0.39 is 0 Å². The van der Waals surface area contributed by atoms with Crippen LogP contribution in [0.1, 0.15) is 72.1 Å². The van der Waals surface area contributed by atoms with Crippen LogP contribution < -0.4 is 10.6 Å². The molecule has 4 saturated carbocycles. The van der Waals surface area contributed by atoms with Crippen molar-refractivity contribution in [3.63, 3.8) is 0 Å². The first-order valence-electron chi connectivity index (χ1n) is 11.4. The zero-order valence-corrected chi connectivity index (χ0v) is 17.9. The van der Waals surface area contributed by atoms with Gasteiger partial charge in [-0.2, -0.15) is 0 Å². The summed E-state index contributed by atoms with van der Waals surface area (Å²) in [5.74, 6) is 1.54. The van der Waals surface area contributed by atoms with Gasteiger partial charge in [-0.15, -0.1) is 0 Å². The molecule has 2 N–H and O–H groups in total. The standard InChI is InChI=1S/C24H29N3O4/c1-27-21(29)18-5-4-17(10-19(18)22(27)30)26-20(28)3-2-6-25-23(31)24-11-14-7-15(12-24)9-16(8-14)13-24/h4-5,10,14-16H,2-3,6-9,11-13H2,1H3,(H,25,31)(H,26,28). The van der Waals surface area contributed by atoms with Crippen LogP contribution in [0.3, 0.4) is 0 Å². The molecular weight excluding hydrogens is 394 g/mol. The van der Waals surface area contributed by atoms with Crippen molar-refractivity contribution < 1.29 is 19.2 Å². The Labute approximate surface area is 181 Å². The molecule has 0 aromatic heterocycles. The average Bonchev–Trinajstić information content (AvgIpc) is 2.94. The second-order valence-corrected chi connectivity index (χ2v) is 10.0. The lowest BCUT2D eigenvalue weighted by atomic mass is 9.49. The molecular formula is C24H29N3O4. The number of amides is 4. The number of rotatable bonds is 6. The van der Waals surface area contributed by atoms with Crippen LogP contribution in [0.4, 0.5) is 5.69 Å². The first-order valence-corrected chi connectivity index (χ1v) is 11.4. The molecule has 7 nitrogen and oxygen atoms in total. The summed E-state index contributed by atoms with van der Waals surface area (Å²) in [6.45, 7) is 0.496. The van der Waals surface area contributed by atoms with E-state index in [1.807, 2.05) is 0 Å². The van der Waals surface area contributed by atoms with E-state index in [-0.39, 0.29) is 35.5 Å². The Morgan fingerprint density at radius 3 is 2.26 bits per heavy atom. The van der Waals surface area contributed by atoms with E-state index in [1.54, 1.807) is 18.2 Å². The highest BCUT2D eigenvalue weighted by Crippen LogP contribution is 2.60. The number of hydrogen-bond donors (Lipinski definition) is 2. The minimum absolute atomic E-state index is 0.154. The maximum atomic E-state index is 12.9. The molecule has 164 valence electrons. The van der Waals surface area contributed by atoms with Gasteiger partial charge < -0.3 is 10.6 Å². The molecule has 6 rings (SSSR count). The molecule has 0 atom stereocenters. The van der Waals surface area contributed by atoms with E-state index in [4.69, 9.17) is 0 Å². The van der Waals surface area contributed by atoms with Crippen LogP contribution in [0.15, 0.2) is 18.2 Å². The molecule has 7 heteroatoms. The SMILES string of the molecule is CN1C(=O)c2ccc(NC(=O)CCCNC(=O)C34CC5CC(CC(C5)C3)C4)cc2C1=O. The van der Waals surface area contributed by atoms with Crippen LogP contribution in [0.2, 0.25) is 0 Å². The highest BCUT2D eigenvalue weighted by Gasteiger charge is 2.54. The molecule has 4 bridgehead atoms. The van der Waals surface area contributed by atoms with Gasteiger partial charge in [0.15, 0.2) is 0 Å². The van der Waals surface area contributed by atoms with Crippen LogP contribution in [0.5, 0.6) is 0 Å². The monoisotopic (exact) mass is 423 g/mol. The first-order chi connectivity index (χ1) is 14.8. The largest absolute Gasteiger partial charge is 0.356 e. The summed E-state index contributed by atoms with van der Waals surface area (Å²) >= 11 is 0. The second-order valence-electron chi connectivity index (χ2n) is 10.0. The van der Waals surface area contributed by atoms with Crippen molar-refractivity contribution in [2.24, 2.45) is 23.2 Å². The van der Waals surface area contributed by atoms with Crippen LogP contribution in [0, 0.1) is 23.2 Å². The van der Waals surface area contributed by atoms with Gasteiger partial charge in [0.05, 0.1) is 11.1 Å². The molecule has 0 spiro atoms. The van der Waals surface area contributed by atoms with Gasteiger partial charge in [0.2, 0.25) is 11.8 Å². The number of carbonyl (C=O) groups excluding carboxylic acids is 4. The molecule has 1 heterocycles. The lowest BCUT2D eigenvalue weighted by molar-refractivity contribution is -0.146. The molecule has 4 aliphatic carbocycles. The van der Waals surface area contributed by atoms with Crippen molar-refractivity contribution in [3.05, 3.63) is 29.3 Å². The number of benzene rings is 1. The molecule has 0 saturated heterocycles. The number of imide groups is 1. The van der Waals surface area contributed by atoms with E-state index in [9.17, 15) is 19.2 Å². The summed E-state index contributed by atoms with van der Waals surface area (Å²) < 4.78 is 0. The Balaban J connectivity index is 1.10. The zero-order valence-electron chi connectivity index (χ0n) is 17.9. The van der Waals surface area contributed by atoms with Gasteiger partial charge >= 0.3 is 0 Å². The summed E-state index contributed by atoms with van der Waals surface area (Å²) in [5.41, 5.74) is 1.02. The molecule has 0 unspecified atom stereocenters. The summed E-state index contributed by atoms with van der Waals surface area (Å²) in [4.78, 5) is 50.4. The average molecular weight is 424 g/mol. The zero-order chi connectivity index (χ0) is 21.8. The number of hydrogen-bond acceptors (Lipinski definition) is 4. The molecule has 5 aliphatic rings. The third-order valence-corrected chi connectivity index (χ3v) is 7.76. The molecule has 1 aromatic carbocycles. The maximum absolute atomic E-state index is 12.9. The maximum Gasteiger partial charge on any atom is 0.261 e. The Kier molecular flexibility index (Phi) is 4.87. The minimum atomic E-state index is -0.358. The lowest BCUT2D eigenvalue weighted by Gasteiger charge is -2.55. The quantitative estimate of drug-likeness (QED) is 0.543. The number of nitrogens with one attached hydrogen (secondary N) is 2. The van der Waals surface area contributed by atoms with Gasteiger partial charge in [-0.25, -0.2) is 0 Å². The molecule has 4 fully saturated rings. The molecule has 0 radical (unpaired) electrons. The number of nitrogens with zero attached hydrogens (tertiary/aromatic N) is 1. The fraction of sp³-hybridized carbons (Fsp3) is 0.583. The van der Waals surface area contributed by atoms with E-state index in [2.05, 4.69) is 10.6 Å². The predicted octanol–water partition coefficient (Wildman–Crippen LogP) is 2.96. The van der Waals surface area contributed by atoms with Gasteiger partial charge in [-0.1, -0.05) is 0 Å². The van der Waals surface area contributed by atoms with Gasteiger partial charge in [-0.05, 0) is 80.9 Å². The summed E-state index contributed by atoms with van der Waals surface area (Å²) in [6, 6.07) is 4.75. The van der Waals surface area contributed by atoms with Crippen molar-refractivity contribution in [1.29, 1.82) is 0 Å². The Morgan fingerprint density at radius 2 is 1.61 bits per heavy atom. The van der Waals surface area contributed by atoms with Crippen molar-refractivity contribution in [1.82, 2.24) is 10.2 Å². The molecule has 1 aliphatic heterocycles. The topological polar surface area (TPSA) is 95.6 Å². The Hall–Kier alpha value is -2.70. The number of carbonyl (C=O) groups is 4. The fourth-order valence-electron chi connectivity index (χ4n) is 6.69. The predicted molar refractivity (Wildman–Crippen MR) is 114 cm³/mol.